The van der Waals surface area contributed by atoms with Crippen LogP contribution in [-0.4, -0.2) is 13.6 Å². The van der Waals surface area contributed by atoms with Gasteiger partial charge in [0.1, 0.15) is 5.67 Å². The van der Waals surface area contributed by atoms with E-state index < -0.39 is 5.67 Å². The molecule has 0 aromatic heterocycles. The first-order valence-corrected chi connectivity index (χ1v) is 5.41. The van der Waals surface area contributed by atoms with Crippen molar-refractivity contribution in [3.63, 3.8) is 0 Å². The van der Waals surface area contributed by atoms with Gasteiger partial charge in [0.15, 0.2) is 0 Å². The smallest absolute Gasteiger partial charge is 0.145 e. The minimum atomic E-state index is -1.29. The molecule has 0 fully saturated rings. The second kappa shape index (κ2) is 4.75. The van der Waals surface area contributed by atoms with E-state index in [1.807, 2.05) is 24.3 Å². The van der Waals surface area contributed by atoms with Gasteiger partial charge in [-0.1, -0.05) is 38.1 Å². The number of hydrogen-bond acceptors (Lipinski definition) is 1. The summed E-state index contributed by atoms with van der Waals surface area (Å²) in [6.45, 7) is 6.19. The fourth-order valence-corrected chi connectivity index (χ4v) is 1.66. The van der Waals surface area contributed by atoms with Crippen molar-refractivity contribution in [2.75, 3.05) is 13.6 Å². The van der Waals surface area contributed by atoms with Gasteiger partial charge in [0.25, 0.3) is 0 Å². The molecule has 0 bridgehead atoms. The Morgan fingerprint density at radius 2 is 2.07 bits per heavy atom. The molecule has 1 aromatic rings. The van der Waals surface area contributed by atoms with Crippen LogP contribution in [0.15, 0.2) is 24.3 Å². The summed E-state index contributed by atoms with van der Waals surface area (Å²) in [6, 6.07) is 7.78. The zero-order chi connectivity index (χ0) is 11.5. The van der Waals surface area contributed by atoms with E-state index in [9.17, 15) is 4.39 Å². The van der Waals surface area contributed by atoms with Crippen LogP contribution in [0.25, 0.3) is 0 Å². The zero-order valence-electron chi connectivity index (χ0n) is 9.97. The van der Waals surface area contributed by atoms with E-state index >= 15 is 0 Å². The Kier molecular flexibility index (Phi) is 3.86. The monoisotopic (exact) mass is 209 g/mol. The summed E-state index contributed by atoms with van der Waals surface area (Å²) in [5.41, 5.74) is 0.648. The van der Waals surface area contributed by atoms with Crippen molar-refractivity contribution >= 4 is 0 Å². The number of hydrogen-bond donors (Lipinski definition) is 1. The van der Waals surface area contributed by atoms with Crippen molar-refractivity contribution in [2.45, 2.75) is 32.4 Å². The summed E-state index contributed by atoms with van der Waals surface area (Å²) in [7, 11) is 1.77. The van der Waals surface area contributed by atoms with Crippen LogP contribution in [0.2, 0.25) is 0 Å². The highest BCUT2D eigenvalue weighted by Gasteiger charge is 2.24. The van der Waals surface area contributed by atoms with E-state index in [1.165, 1.54) is 5.56 Å². The van der Waals surface area contributed by atoms with Crippen LogP contribution in [0.3, 0.4) is 0 Å². The highest BCUT2D eigenvalue weighted by Crippen LogP contribution is 2.27. The summed E-state index contributed by atoms with van der Waals surface area (Å²) in [6.07, 6.45) is 0. The number of rotatable bonds is 4. The van der Waals surface area contributed by atoms with Crippen LogP contribution < -0.4 is 5.32 Å². The highest BCUT2D eigenvalue weighted by molar-refractivity contribution is 5.29. The Morgan fingerprint density at radius 1 is 1.40 bits per heavy atom. The normalized spacial score (nSPS) is 15.3. The first-order valence-electron chi connectivity index (χ1n) is 5.41. The third-order valence-corrected chi connectivity index (χ3v) is 2.66. The maximum atomic E-state index is 14.2. The fraction of sp³-hybridized carbons (Fsp3) is 0.538. The van der Waals surface area contributed by atoms with Gasteiger partial charge in [-0.15, -0.1) is 0 Å². The van der Waals surface area contributed by atoms with E-state index in [0.717, 1.165) is 5.56 Å². The van der Waals surface area contributed by atoms with E-state index in [4.69, 9.17) is 0 Å². The molecule has 15 heavy (non-hydrogen) atoms. The number of alkyl halides is 1. The predicted molar refractivity (Wildman–Crippen MR) is 62.9 cm³/mol. The van der Waals surface area contributed by atoms with Crippen molar-refractivity contribution < 1.29 is 4.39 Å². The molecule has 0 spiro atoms. The molecule has 0 radical (unpaired) electrons. The topological polar surface area (TPSA) is 12.0 Å². The van der Waals surface area contributed by atoms with E-state index in [0.29, 0.717) is 12.5 Å². The van der Waals surface area contributed by atoms with Gasteiger partial charge in [0.05, 0.1) is 0 Å². The maximum absolute atomic E-state index is 14.2. The van der Waals surface area contributed by atoms with Gasteiger partial charge >= 0.3 is 0 Å². The second-order valence-electron chi connectivity index (χ2n) is 4.51. The van der Waals surface area contributed by atoms with Gasteiger partial charge in [0, 0.05) is 6.54 Å². The zero-order valence-corrected chi connectivity index (χ0v) is 9.97. The van der Waals surface area contributed by atoms with E-state index in [1.54, 1.807) is 14.0 Å². The third kappa shape index (κ3) is 3.03. The largest absolute Gasteiger partial charge is 0.316 e. The molecular formula is C13H20FN. The molecular weight excluding hydrogens is 189 g/mol. The van der Waals surface area contributed by atoms with E-state index in [2.05, 4.69) is 19.2 Å². The van der Waals surface area contributed by atoms with Crippen LogP contribution in [0, 0.1) is 0 Å². The van der Waals surface area contributed by atoms with Crippen molar-refractivity contribution in [1.82, 2.24) is 5.32 Å². The maximum Gasteiger partial charge on any atom is 0.145 e. The van der Waals surface area contributed by atoms with Crippen molar-refractivity contribution in [3.05, 3.63) is 35.4 Å². The number of nitrogens with one attached hydrogen (secondary N) is 1. The first-order chi connectivity index (χ1) is 6.97. The lowest BCUT2D eigenvalue weighted by Crippen LogP contribution is -2.29. The Balaban J connectivity index is 2.99. The Labute approximate surface area is 91.7 Å². The standard InChI is InChI=1S/C13H20FN/c1-10(2)11-6-5-7-12(8-11)13(3,14)9-15-4/h5-8,10,15H,9H2,1-4H3. The summed E-state index contributed by atoms with van der Waals surface area (Å²) in [5.74, 6) is 0.440. The lowest BCUT2D eigenvalue weighted by molar-refractivity contribution is 0.190. The molecule has 0 aliphatic rings. The molecule has 1 unspecified atom stereocenters. The van der Waals surface area contributed by atoms with Crippen LogP contribution >= 0.6 is 0 Å². The second-order valence-corrected chi connectivity index (χ2v) is 4.51. The van der Waals surface area contributed by atoms with Crippen LogP contribution in [0.5, 0.6) is 0 Å². The number of halogens is 1. The van der Waals surface area contributed by atoms with Crippen LogP contribution in [0.1, 0.15) is 37.8 Å². The van der Waals surface area contributed by atoms with Crippen LogP contribution in [0.4, 0.5) is 4.39 Å². The molecule has 1 atom stereocenters. The van der Waals surface area contributed by atoms with Crippen molar-refractivity contribution in [2.24, 2.45) is 0 Å². The third-order valence-electron chi connectivity index (χ3n) is 2.66. The summed E-state index contributed by atoms with van der Waals surface area (Å²) >= 11 is 0. The summed E-state index contributed by atoms with van der Waals surface area (Å²) < 4.78 is 14.2. The molecule has 1 rings (SSSR count). The summed E-state index contributed by atoms with van der Waals surface area (Å²) in [4.78, 5) is 0. The fourth-order valence-electron chi connectivity index (χ4n) is 1.66. The average molecular weight is 209 g/mol. The first kappa shape index (κ1) is 12.2. The molecule has 1 aromatic carbocycles. The minimum Gasteiger partial charge on any atom is -0.316 e. The minimum absolute atomic E-state index is 0.342. The molecule has 0 saturated heterocycles. The van der Waals surface area contributed by atoms with Crippen molar-refractivity contribution in [3.8, 4) is 0 Å². The lowest BCUT2D eigenvalue weighted by Gasteiger charge is -2.21. The Hall–Kier alpha value is -0.890. The average Bonchev–Trinajstić information content (AvgIpc) is 2.18. The molecule has 1 N–H and O–H groups in total. The molecule has 0 aliphatic heterocycles. The number of benzene rings is 1. The van der Waals surface area contributed by atoms with Gasteiger partial charge in [-0.3, -0.25) is 0 Å². The van der Waals surface area contributed by atoms with Crippen molar-refractivity contribution in [1.29, 1.82) is 0 Å². The molecule has 84 valence electrons. The molecule has 0 saturated carbocycles. The van der Waals surface area contributed by atoms with Gasteiger partial charge < -0.3 is 5.32 Å². The summed E-state index contributed by atoms with van der Waals surface area (Å²) in [5, 5.41) is 2.88. The van der Waals surface area contributed by atoms with E-state index in [-0.39, 0.29) is 0 Å². The molecule has 0 aliphatic carbocycles. The number of likely N-dealkylation sites (N-methyl/N-ethyl adjacent to an activating group) is 1. The Bertz CT molecular complexity index is 318. The SMILES string of the molecule is CNCC(C)(F)c1cccc(C(C)C)c1. The predicted octanol–water partition coefficient (Wildman–Crippen LogP) is 3.21. The molecule has 0 heterocycles. The molecule has 0 amide bonds. The quantitative estimate of drug-likeness (QED) is 0.803. The van der Waals surface area contributed by atoms with Gasteiger partial charge in [-0.2, -0.15) is 0 Å². The highest BCUT2D eigenvalue weighted by atomic mass is 19.1. The molecule has 1 nitrogen and oxygen atoms in total. The van der Waals surface area contributed by atoms with Gasteiger partial charge in [-0.25, -0.2) is 4.39 Å². The Morgan fingerprint density at radius 3 is 2.60 bits per heavy atom. The van der Waals surface area contributed by atoms with Gasteiger partial charge in [-0.05, 0) is 31.0 Å². The lowest BCUT2D eigenvalue weighted by atomic mass is 9.93. The van der Waals surface area contributed by atoms with Crippen LogP contribution in [-0.2, 0) is 5.67 Å². The van der Waals surface area contributed by atoms with Gasteiger partial charge in [0.2, 0.25) is 0 Å². The molecule has 2 heteroatoms.